The number of anilines is 1. The maximum absolute atomic E-state index is 13.3. The first-order valence-electron chi connectivity index (χ1n) is 9.89. The van der Waals surface area contributed by atoms with Crippen molar-refractivity contribution in [3.8, 4) is 11.7 Å². The van der Waals surface area contributed by atoms with Gasteiger partial charge in [-0.15, -0.1) is 0 Å². The van der Waals surface area contributed by atoms with Gasteiger partial charge in [0.1, 0.15) is 18.7 Å². The standard InChI is InChI=1S/C21H17Cl2FN8O2/c1-12(19-27-11-28-32(19)20-25-6-3-7-26-20)29-21(33)31-16-9-17(15(23)8-14(16)22)34-10-13-4-2-5-18(24)30-13/h2-9,11-12H,10H2,1H3,(H2,29,31,33)/t12-/m0/s1. The van der Waals surface area contributed by atoms with Crippen LogP contribution in [0.1, 0.15) is 24.5 Å². The number of hydrogen-bond donors (Lipinski definition) is 2. The molecule has 2 N–H and O–H groups in total. The summed E-state index contributed by atoms with van der Waals surface area (Å²) < 4.78 is 20.3. The fraction of sp³-hybridized carbons (Fsp3) is 0.143. The molecule has 0 saturated heterocycles. The summed E-state index contributed by atoms with van der Waals surface area (Å²) in [6.45, 7) is 1.70. The first-order valence-corrected chi connectivity index (χ1v) is 10.6. The molecule has 0 bridgehead atoms. The van der Waals surface area contributed by atoms with E-state index in [9.17, 15) is 9.18 Å². The van der Waals surface area contributed by atoms with Gasteiger partial charge in [0.05, 0.1) is 27.5 Å². The Bertz CT molecular complexity index is 1310. The molecule has 4 rings (SSSR count). The predicted molar refractivity (Wildman–Crippen MR) is 123 cm³/mol. The van der Waals surface area contributed by atoms with Crippen LogP contribution in [0.2, 0.25) is 10.0 Å². The Morgan fingerprint density at radius 3 is 2.71 bits per heavy atom. The molecule has 0 fully saturated rings. The highest BCUT2D eigenvalue weighted by Gasteiger charge is 2.19. The molecule has 3 aromatic heterocycles. The van der Waals surface area contributed by atoms with E-state index in [2.05, 4.69) is 35.7 Å². The molecule has 3 heterocycles. The first-order chi connectivity index (χ1) is 16.4. The van der Waals surface area contributed by atoms with E-state index in [1.54, 1.807) is 31.5 Å². The summed E-state index contributed by atoms with van der Waals surface area (Å²) in [4.78, 5) is 28.8. The van der Waals surface area contributed by atoms with Crippen LogP contribution in [0.25, 0.3) is 5.95 Å². The van der Waals surface area contributed by atoms with Crippen LogP contribution in [0.4, 0.5) is 14.9 Å². The quantitative estimate of drug-likeness (QED) is 0.360. The number of rotatable bonds is 7. The van der Waals surface area contributed by atoms with E-state index < -0.39 is 18.0 Å². The lowest BCUT2D eigenvalue weighted by atomic mass is 10.3. The summed E-state index contributed by atoms with van der Waals surface area (Å²) >= 11 is 12.4. The zero-order chi connectivity index (χ0) is 24.1. The van der Waals surface area contributed by atoms with E-state index in [1.165, 1.54) is 35.3 Å². The third kappa shape index (κ3) is 5.56. The van der Waals surface area contributed by atoms with Gasteiger partial charge in [-0.2, -0.15) is 14.2 Å². The second-order valence-corrected chi connectivity index (χ2v) is 7.72. The van der Waals surface area contributed by atoms with Gasteiger partial charge in [-0.3, -0.25) is 0 Å². The summed E-state index contributed by atoms with van der Waals surface area (Å²) in [7, 11) is 0. The lowest BCUT2D eigenvalue weighted by Gasteiger charge is -2.16. The molecule has 0 aliphatic heterocycles. The summed E-state index contributed by atoms with van der Waals surface area (Å²) in [5, 5.41) is 9.94. The van der Waals surface area contributed by atoms with Crippen molar-refractivity contribution in [2.24, 2.45) is 0 Å². The van der Waals surface area contributed by atoms with Gasteiger partial charge >= 0.3 is 6.03 Å². The van der Waals surface area contributed by atoms with Gasteiger partial charge in [0, 0.05) is 18.5 Å². The number of carbonyl (C=O) groups excluding carboxylic acids is 1. The Morgan fingerprint density at radius 1 is 1.15 bits per heavy atom. The third-order valence-electron chi connectivity index (χ3n) is 4.47. The Kier molecular flexibility index (Phi) is 7.14. The lowest BCUT2D eigenvalue weighted by molar-refractivity contribution is 0.248. The van der Waals surface area contributed by atoms with Crippen molar-refractivity contribution < 1.29 is 13.9 Å². The fourth-order valence-electron chi connectivity index (χ4n) is 2.94. The van der Waals surface area contributed by atoms with Crippen LogP contribution < -0.4 is 15.4 Å². The van der Waals surface area contributed by atoms with Gasteiger partial charge in [0.15, 0.2) is 5.82 Å². The summed E-state index contributed by atoms with van der Waals surface area (Å²) in [6.07, 6.45) is 4.49. The van der Waals surface area contributed by atoms with Crippen LogP contribution in [0.15, 0.2) is 55.1 Å². The number of hydrogen-bond acceptors (Lipinski definition) is 7. The van der Waals surface area contributed by atoms with Crippen molar-refractivity contribution in [3.05, 3.63) is 82.6 Å². The van der Waals surface area contributed by atoms with Crippen LogP contribution in [-0.2, 0) is 6.61 Å². The lowest BCUT2D eigenvalue weighted by Crippen LogP contribution is -2.32. The zero-order valence-corrected chi connectivity index (χ0v) is 19.1. The SMILES string of the molecule is C[C@H](NC(=O)Nc1cc(OCc2cccc(F)n2)c(Cl)cc1Cl)c1ncnn1-c1ncccn1. The van der Waals surface area contributed by atoms with Gasteiger partial charge < -0.3 is 15.4 Å². The molecular formula is C21H17Cl2FN8O2. The Morgan fingerprint density at radius 2 is 1.94 bits per heavy atom. The van der Waals surface area contributed by atoms with Crippen LogP contribution >= 0.6 is 23.2 Å². The van der Waals surface area contributed by atoms with E-state index in [1.807, 2.05) is 0 Å². The molecule has 0 unspecified atom stereocenters. The number of nitrogens with one attached hydrogen (secondary N) is 2. The van der Waals surface area contributed by atoms with Crippen LogP contribution in [0, 0.1) is 5.95 Å². The van der Waals surface area contributed by atoms with Gasteiger partial charge in [0.25, 0.3) is 5.95 Å². The molecule has 0 aliphatic rings. The smallest absolute Gasteiger partial charge is 0.319 e. The molecule has 2 amide bonds. The molecule has 0 radical (unpaired) electrons. The van der Waals surface area contributed by atoms with Crippen LogP contribution in [-0.4, -0.2) is 35.7 Å². The summed E-state index contributed by atoms with van der Waals surface area (Å²) in [5.41, 5.74) is 0.629. The number of urea groups is 1. The number of halogens is 3. The summed E-state index contributed by atoms with van der Waals surface area (Å²) in [5.74, 6) is 0.363. The highest BCUT2D eigenvalue weighted by molar-refractivity contribution is 6.37. The largest absolute Gasteiger partial charge is 0.486 e. The molecule has 34 heavy (non-hydrogen) atoms. The average molecular weight is 503 g/mol. The Labute approximate surface area is 203 Å². The van der Waals surface area contributed by atoms with Crippen molar-refractivity contribution in [2.45, 2.75) is 19.6 Å². The highest BCUT2D eigenvalue weighted by atomic mass is 35.5. The number of ether oxygens (including phenoxy) is 1. The zero-order valence-electron chi connectivity index (χ0n) is 17.6. The molecule has 0 spiro atoms. The topological polar surface area (TPSA) is 120 Å². The van der Waals surface area contributed by atoms with Crippen molar-refractivity contribution in [3.63, 3.8) is 0 Å². The minimum absolute atomic E-state index is 0.0288. The van der Waals surface area contributed by atoms with E-state index in [4.69, 9.17) is 27.9 Å². The Hall–Kier alpha value is -3.83. The predicted octanol–water partition coefficient (Wildman–Crippen LogP) is 4.36. The highest BCUT2D eigenvalue weighted by Crippen LogP contribution is 2.34. The van der Waals surface area contributed by atoms with E-state index >= 15 is 0 Å². The first kappa shape index (κ1) is 23.3. The van der Waals surface area contributed by atoms with Gasteiger partial charge in [-0.05, 0) is 31.2 Å². The number of aromatic nitrogens is 6. The minimum atomic E-state index is -0.619. The monoisotopic (exact) mass is 502 g/mol. The number of amides is 2. The molecule has 1 aromatic carbocycles. The molecule has 1 atom stereocenters. The second kappa shape index (κ2) is 10.4. The Balaban J connectivity index is 1.44. The summed E-state index contributed by atoms with van der Waals surface area (Å²) in [6, 6.07) is 7.83. The number of nitrogens with zero attached hydrogens (tertiary/aromatic N) is 6. The van der Waals surface area contributed by atoms with Gasteiger partial charge in [-0.25, -0.2) is 24.7 Å². The average Bonchev–Trinajstić information content (AvgIpc) is 3.31. The van der Waals surface area contributed by atoms with Crippen molar-refractivity contribution in [1.82, 2.24) is 35.0 Å². The van der Waals surface area contributed by atoms with Crippen molar-refractivity contribution >= 4 is 34.9 Å². The molecule has 0 aliphatic carbocycles. The number of carbonyl (C=O) groups is 1. The fourth-order valence-corrected chi connectivity index (χ4v) is 3.42. The molecule has 13 heteroatoms. The maximum Gasteiger partial charge on any atom is 0.319 e. The van der Waals surface area contributed by atoms with Gasteiger partial charge in [-0.1, -0.05) is 29.3 Å². The van der Waals surface area contributed by atoms with Crippen molar-refractivity contribution in [1.29, 1.82) is 0 Å². The number of pyridine rings is 1. The van der Waals surface area contributed by atoms with Crippen molar-refractivity contribution in [2.75, 3.05) is 5.32 Å². The van der Waals surface area contributed by atoms with E-state index in [0.717, 1.165) is 0 Å². The number of benzene rings is 1. The molecule has 174 valence electrons. The second-order valence-electron chi connectivity index (χ2n) is 6.90. The molecule has 10 nitrogen and oxygen atoms in total. The normalized spacial score (nSPS) is 11.6. The van der Waals surface area contributed by atoms with Crippen LogP contribution in [0.3, 0.4) is 0 Å². The van der Waals surface area contributed by atoms with E-state index in [-0.39, 0.29) is 28.1 Å². The third-order valence-corrected chi connectivity index (χ3v) is 5.08. The van der Waals surface area contributed by atoms with Crippen LogP contribution in [0.5, 0.6) is 5.75 Å². The molecule has 4 aromatic rings. The maximum atomic E-state index is 13.3. The molecule has 0 saturated carbocycles. The molecular weight excluding hydrogens is 486 g/mol. The van der Waals surface area contributed by atoms with Gasteiger partial charge in [0.2, 0.25) is 5.95 Å². The minimum Gasteiger partial charge on any atom is -0.486 e. The van der Waals surface area contributed by atoms with E-state index in [0.29, 0.717) is 17.5 Å².